The first-order valence-corrected chi connectivity index (χ1v) is 8.00. The summed E-state index contributed by atoms with van der Waals surface area (Å²) in [7, 11) is 1.35. The third kappa shape index (κ3) is 3.04. The number of methoxy groups -OCH3 is 1. The van der Waals surface area contributed by atoms with E-state index in [-0.39, 0.29) is 11.8 Å². The molecule has 6 heteroatoms. The van der Waals surface area contributed by atoms with Gasteiger partial charge in [0.25, 0.3) is 0 Å². The lowest BCUT2D eigenvalue weighted by molar-refractivity contribution is -0.120. The summed E-state index contributed by atoms with van der Waals surface area (Å²) in [5.74, 6) is 0.398. The van der Waals surface area contributed by atoms with Gasteiger partial charge in [0.2, 0.25) is 5.91 Å². The average molecular weight is 327 g/mol. The zero-order valence-electron chi connectivity index (χ0n) is 14.1. The van der Waals surface area contributed by atoms with Crippen LogP contribution >= 0.6 is 0 Å². The molecule has 2 aromatic rings. The van der Waals surface area contributed by atoms with Crippen molar-refractivity contribution in [1.29, 1.82) is 0 Å². The molecule has 3 rings (SSSR count). The van der Waals surface area contributed by atoms with Crippen molar-refractivity contribution in [2.24, 2.45) is 5.92 Å². The van der Waals surface area contributed by atoms with E-state index in [1.165, 1.54) is 7.11 Å². The third-order valence-electron chi connectivity index (χ3n) is 4.66. The monoisotopic (exact) mass is 327 g/mol. The Labute approximate surface area is 140 Å². The van der Waals surface area contributed by atoms with Crippen LogP contribution in [0.4, 0.5) is 5.69 Å². The molecule has 126 valence electrons. The fourth-order valence-electron chi connectivity index (χ4n) is 3.07. The molecule has 6 nitrogen and oxygen atoms in total. The highest BCUT2D eigenvalue weighted by molar-refractivity contribution is 5.96. The molecular formula is C18H21N3O3. The number of nitrogens with one attached hydrogen (secondary N) is 1. The lowest BCUT2D eigenvalue weighted by Crippen LogP contribution is -2.30. The lowest BCUT2D eigenvalue weighted by atomic mass is 9.96. The molecule has 0 saturated heterocycles. The van der Waals surface area contributed by atoms with Gasteiger partial charge in [-0.3, -0.25) is 4.79 Å². The predicted molar refractivity (Wildman–Crippen MR) is 89.9 cm³/mol. The van der Waals surface area contributed by atoms with E-state index in [0.29, 0.717) is 17.7 Å². The van der Waals surface area contributed by atoms with Crippen molar-refractivity contribution < 1.29 is 14.3 Å². The Kier molecular flexibility index (Phi) is 4.38. The first-order chi connectivity index (χ1) is 11.5. The van der Waals surface area contributed by atoms with Crippen molar-refractivity contribution in [3.63, 3.8) is 0 Å². The van der Waals surface area contributed by atoms with Crippen molar-refractivity contribution in [1.82, 2.24) is 9.55 Å². The number of nitrogens with zero attached hydrogens (tertiary/aromatic N) is 2. The molecule has 2 heterocycles. The Hall–Kier alpha value is -2.63. The smallest absolute Gasteiger partial charge is 0.338 e. The number of hydrogen-bond donors (Lipinski definition) is 1. The van der Waals surface area contributed by atoms with Crippen molar-refractivity contribution in [2.45, 2.75) is 33.2 Å². The minimum Gasteiger partial charge on any atom is -0.465 e. The number of fused-ring (bicyclic) bond motifs is 1. The second-order valence-electron chi connectivity index (χ2n) is 6.17. The van der Waals surface area contributed by atoms with Gasteiger partial charge in [-0.15, -0.1) is 0 Å². The fraction of sp³-hybridized carbons (Fsp3) is 0.389. The van der Waals surface area contributed by atoms with E-state index in [4.69, 9.17) is 4.74 Å². The van der Waals surface area contributed by atoms with Crippen LogP contribution in [0, 0.1) is 19.8 Å². The maximum atomic E-state index is 12.6. The number of hydrogen-bond acceptors (Lipinski definition) is 4. The number of carbonyl (C=O) groups excluding carboxylic acids is 2. The van der Waals surface area contributed by atoms with E-state index < -0.39 is 5.97 Å². The van der Waals surface area contributed by atoms with Gasteiger partial charge in [0.05, 0.1) is 12.7 Å². The first-order valence-electron chi connectivity index (χ1n) is 8.00. The molecule has 1 aliphatic rings. The summed E-state index contributed by atoms with van der Waals surface area (Å²) < 4.78 is 6.89. The number of anilines is 1. The largest absolute Gasteiger partial charge is 0.465 e. The molecule has 0 aliphatic carbocycles. The van der Waals surface area contributed by atoms with Gasteiger partial charge in [-0.25, -0.2) is 9.78 Å². The normalized spacial score (nSPS) is 16.4. The first kappa shape index (κ1) is 16.2. The molecule has 0 saturated carbocycles. The molecule has 0 radical (unpaired) electrons. The number of amides is 1. The number of carbonyl (C=O) groups is 2. The Morgan fingerprint density at radius 3 is 2.88 bits per heavy atom. The van der Waals surface area contributed by atoms with Crippen molar-refractivity contribution in [2.75, 3.05) is 12.4 Å². The number of esters is 1. The highest BCUT2D eigenvalue weighted by atomic mass is 16.5. The summed E-state index contributed by atoms with van der Waals surface area (Å²) >= 11 is 0. The van der Waals surface area contributed by atoms with Crippen LogP contribution in [-0.2, 0) is 22.5 Å². The molecule has 1 aromatic carbocycles. The zero-order chi connectivity index (χ0) is 17.3. The van der Waals surface area contributed by atoms with Crippen LogP contribution in [-0.4, -0.2) is 28.5 Å². The molecule has 0 fully saturated rings. The number of aromatic nitrogens is 2. The number of rotatable bonds is 3. The SMILES string of the molecule is COC(=O)c1cc(NC(=O)[C@H]2CCn3ccnc3C2)cc(C)c1C. The molecule has 0 bridgehead atoms. The number of ether oxygens (including phenoxy) is 1. The van der Waals surface area contributed by atoms with E-state index in [1.807, 2.05) is 26.1 Å². The van der Waals surface area contributed by atoms with Crippen molar-refractivity contribution >= 4 is 17.6 Å². The molecule has 0 unspecified atom stereocenters. The predicted octanol–water partition coefficient (Wildman–Crippen LogP) is 2.49. The summed E-state index contributed by atoms with van der Waals surface area (Å²) in [5.41, 5.74) is 2.90. The molecule has 0 spiro atoms. The maximum absolute atomic E-state index is 12.6. The Balaban J connectivity index is 1.77. The number of imidazole rings is 1. The maximum Gasteiger partial charge on any atom is 0.338 e. The quantitative estimate of drug-likeness (QED) is 0.879. The van der Waals surface area contributed by atoms with E-state index in [2.05, 4.69) is 14.9 Å². The summed E-state index contributed by atoms with van der Waals surface area (Å²) in [6, 6.07) is 3.55. The number of aryl methyl sites for hydroxylation is 2. The molecule has 1 aromatic heterocycles. The lowest BCUT2D eigenvalue weighted by Gasteiger charge is -2.23. The van der Waals surface area contributed by atoms with E-state index in [9.17, 15) is 9.59 Å². The standard InChI is InChI=1S/C18H21N3O3/c1-11-8-14(10-15(12(11)2)18(23)24-3)20-17(22)13-4-6-21-7-5-19-16(21)9-13/h5,7-8,10,13H,4,6,9H2,1-3H3,(H,20,22)/t13-/m0/s1. The molecule has 24 heavy (non-hydrogen) atoms. The molecule has 1 amide bonds. The minimum absolute atomic E-state index is 0.0386. The number of benzene rings is 1. The van der Waals surface area contributed by atoms with Crippen LogP contribution in [0.5, 0.6) is 0 Å². The highest BCUT2D eigenvalue weighted by Gasteiger charge is 2.25. The van der Waals surface area contributed by atoms with Crippen LogP contribution in [0.3, 0.4) is 0 Å². The van der Waals surface area contributed by atoms with Gasteiger partial charge < -0.3 is 14.6 Å². The summed E-state index contributed by atoms with van der Waals surface area (Å²) in [5, 5.41) is 2.94. The second kappa shape index (κ2) is 6.47. The third-order valence-corrected chi connectivity index (χ3v) is 4.66. The van der Waals surface area contributed by atoms with Gasteiger partial charge in [-0.1, -0.05) is 0 Å². The Bertz CT molecular complexity index is 795. The highest BCUT2D eigenvalue weighted by Crippen LogP contribution is 2.24. The minimum atomic E-state index is -0.397. The Morgan fingerprint density at radius 2 is 2.12 bits per heavy atom. The van der Waals surface area contributed by atoms with Gasteiger partial charge in [-0.05, 0) is 43.5 Å². The van der Waals surface area contributed by atoms with Gasteiger partial charge in [0.1, 0.15) is 5.82 Å². The fourth-order valence-corrected chi connectivity index (χ4v) is 3.07. The van der Waals surface area contributed by atoms with Crippen LogP contribution in [0.2, 0.25) is 0 Å². The molecular weight excluding hydrogens is 306 g/mol. The zero-order valence-corrected chi connectivity index (χ0v) is 14.1. The van der Waals surface area contributed by atoms with E-state index in [0.717, 1.165) is 29.9 Å². The van der Waals surface area contributed by atoms with Crippen molar-refractivity contribution in [3.05, 3.63) is 47.0 Å². The van der Waals surface area contributed by atoms with Gasteiger partial charge >= 0.3 is 5.97 Å². The second-order valence-corrected chi connectivity index (χ2v) is 6.17. The summed E-state index contributed by atoms with van der Waals surface area (Å²) in [4.78, 5) is 28.8. The summed E-state index contributed by atoms with van der Waals surface area (Å²) in [6.07, 6.45) is 5.12. The van der Waals surface area contributed by atoms with Gasteiger partial charge in [-0.2, -0.15) is 0 Å². The van der Waals surface area contributed by atoms with Gasteiger partial charge in [0.15, 0.2) is 0 Å². The van der Waals surface area contributed by atoms with Crippen LogP contribution in [0.15, 0.2) is 24.5 Å². The molecule has 1 aliphatic heterocycles. The Morgan fingerprint density at radius 1 is 1.33 bits per heavy atom. The van der Waals surface area contributed by atoms with Crippen LogP contribution in [0.1, 0.15) is 33.7 Å². The van der Waals surface area contributed by atoms with E-state index in [1.54, 1.807) is 12.3 Å². The average Bonchev–Trinajstić information content (AvgIpc) is 3.04. The van der Waals surface area contributed by atoms with Crippen LogP contribution in [0.25, 0.3) is 0 Å². The topological polar surface area (TPSA) is 73.2 Å². The summed E-state index contributed by atoms with van der Waals surface area (Å²) in [6.45, 7) is 4.58. The molecule has 1 N–H and O–H groups in total. The molecule has 1 atom stereocenters. The van der Waals surface area contributed by atoms with Gasteiger partial charge in [0, 0.05) is 37.0 Å². The van der Waals surface area contributed by atoms with Crippen molar-refractivity contribution in [3.8, 4) is 0 Å². The van der Waals surface area contributed by atoms with E-state index >= 15 is 0 Å². The van der Waals surface area contributed by atoms with Crippen LogP contribution < -0.4 is 5.32 Å².